The molecule has 1 aliphatic rings. The lowest BCUT2D eigenvalue weighted by molar-refractivity contribution is -0.105. The molecular formula is C14H15N3OS. The average molecular weight is 273 g/mol. The van der Waals surface area contributed by atoms with Crippen molar-refractivity contribution in [2.75, 3.05) is 16.8 Å². The van der Waals surface area contributed by atoms with Crippen LogP contribution in [0.2, 0.25) is 0 Å². The van der Waals surface area contributed by atoms with Crippen LogP contribution in [0.15, 0.2) is 35.7 Å². The zero-order valence-corrected chi connectivity index (χ0v) is 11.3. The van der Waals surface area contributed by atoms with Crippen LogP contribution in [-0.4, -0.2) is 17.9 Å². The second-order valence-electron chi connectivity index (χ2n) is 4.53. The Hall–Kier alpha value is -1.88. The first kappa shape index (κ1) is 12.2. The van der Waals surface area contributed by atoms with Gasteiger partial charge in [0.25, 0.3) is 0 Å². The summed E-state index contributed by atoms with van der Waals surface area (Å²) in [6.45, 7) is 1.06. The Morgan fingerprint density at radius 3 is 3.00 bits per heavy atom. The number of hydrogen-bond donors (Lipinski definition) is 1. The zero-order valence-electron chi connectivity index (χ0n) is 10.5. The molecule has 0 saturated carbocycles. The second-order valence-corrected chi connectivity index (χ2v) is 5.38. The molecule has 4 nitrogen and oxygen atoms in total. The Balaban J connectivity index is 1.84. The number of nitrogens with one attached hydrogen (secondary N) is 1. The van der Waals surface area contributed by atoms with Gasteiger partial charge in [-0.3, -0.25) is 4.79 Å². The van der Waals surface area contributed by atoms with Gasteiger partial charge in [-0.05, 0) is 25.0 Å². The van der Waals surface area contributed by atoms with Crippen molar-refractivity contribution in [2.45, 2.75) is 18.9 Å². The van der Waals surface area contributed by atoms with E-state index in [0.29, 0.717) is 17.6 Å². The summed E-state index contributed by atoms with van der Waals surface area (Å²) in [5.41, 5.74) is 2.29. The van der Waals surface area contributed by atoms with E-state index in [1.165, 1.54) is 23.4 Å². The topological polar surface area (TPSA) is 45.2 Å². The molecule has 1 aromatic carbocycles. The van der Waals surface area contributed by atoms with Crippen LogP contribution in [0.5, 0.6) is 0 Å². The molecule has 1 saturated heterocycles. The number of thiazole rings is 1. The Labute approximate surface area is 116 Å². The summed E-state index contributed by atoms with van der Waals surface area (Å²) in [4.78, 5) is 17.3. The van der Waals surface area contributed by atoms with Crippen molar-refractivity contribution in [1.29, 1.82) is 0 Å². The van der Waals surface area contributed by atoms with E-state index in [4.69, 9.17) is 0 Å². The molecule has 1 atom stereocenters. The highest BCUT2D eigenvalue weighted by atomic mass is 32.1. The molecule has 0 radical (unpaired) electrons. The smallest absolute Gasteiger partial charge is 0.213 e. The van der Waals surface area contributed by atoms with Gasteiger partial charge in [0.15, 0.2) is 5.13 Å². The third kappa shape index (κ3) is 2.46. The molecule has 2 heterocycles. The molecule has 1 aliphatic heterocycles. The minimum atomic E-state index is 0.320. The third-order valence-corrected chi connectivity index (χ3v) is 4.18. The Morgan fingerprint density at radius 1 is 1.37 bits per heavy atom. The maximum absolute atomic E-state index is 10.4. The van der Waals surface area contributed by atoms with Crippen LogP contribution in [0.3, 0.4) is 0 Å². The summed E-state index contributed by atoms with van der Waals surface area (Å²) < 4.78 is 0. The Morgan fingerprint density at radius 2 is 2.21 bits per heavy atom. The van der Waals surface area contributed by atoms with Crippen molar-refractivity contribution in [3.63, 3.8) is 0 Å². The average Bonchev–Trinajstić information content (AvgIpc) is 3.08. The number of benzene rings is 1. The van der Waals surface area contributed by atoms with Gasteiger partial charge in [-0.15, -0.1) is 11.3 Å². The molecule has 1 fully saturated rings. The summed E-state index contributed by atoms with van der Waals surface area (Å²) in [6.07, 6.45) is 2.96. The fourth-order valence-corrected chi connectivity index (χ4v) is 3.28. The van der Waals surface area contributed by atoms with Crippen molar-refractivity contribution in [3.05, 3.63) is 41.4 Å². The van der Waals surface area contributed by atoms with Gasteiger partial charge in [-0.2, -0.15) is 0 Å². The van der Waals surface area contributed by atoms with Gasteiger partial charge in [0, 0.05) is 17.6 Å². The molecule has 2 aromatic rings. The highest BCUT2D eigenvalue weighted by molar-refractivity contribution is 7.13. The van der Waals surface area contributed by atoms with E-state index in [2.05, 4.69) is 39.5 Å². The molecule has 5 heteroatoms. The maximum atomic E-state index is 10.4. The predicted molar refractivity (Wildman–Crippen MR) is 77.6 cm³/mol. The van der Waals surface area contributed by atoms with E-state index in [9.17, 15) is 4.79 Å². The molecule has 1 unspecified atom stereocenters. The number of para-hydroxylation sites is 1. The summed E-state index contributed by atoms with van der Waals surface area (Å²) >= 11 is 1.48. The molecular weight excluding hydrogens is 258 g/mol. The molecule has 0 aliphatic carbocycles. The summed E-state index contributed by atoms with van der Waals surface area (Å²) in [5.74, 6) is 0. The zero-order chi connectivity index (χ0) is 13.1. The number of carbonyl (C=O) groups excluding carboxylic acids is 1. The minimum Gasteiger partial charge on any atom is -0.363 e. The number of amides is 1. The first-order chi connectivity index (χ1) is 9.38. The fraction of sp³-hybridized carbons (Fsp3) is 0.286. The highest BCUT2D eigenvalue weighted by Gasteiger charge is 2.28. The van der Waals surface area contributed by atoms with E-state index in [0.717, 1.165) is 18.7 Å². The first-order valence-electron chi connectivity index (χ1n) is 6.36. The van der Waals surface area contributed by atoms with Crippen LogP contribution in [0.1, 0.15) is 24.6 Å². The van der Waals surface area contributed by atoms with E-state index < -0.39 is 0 Å². The summed E-state index contributed by atoms with van der Waals surface area (Å²) in [7, 11) is 0. The predicted octanol–water partition coefficient (Wildman–Crippen LogP) is 3.05. The van der Waals surface area contributed by atoms with E-state index in [1.807, 2.05) is 11.4 Å². The standard InChI is InChI=1S/C14H15N3OS/c18-10-15-14-16-12(9-19-14)13-7-4-8-17(13)11-5-2-1-3-6-11/h1-3,5-6,9-10,13H,4,7-8H2,(H,15,16,18). The van der Waals surface area contributed by atoms with Gasteiger partial charge in [0.1, 0.15) is 0 Å². The van der Waals surface area contributed by atoms with Crippen LogP contribution in [0.4, 0.5) is 10.8 Å². The molecule has 1 aromatic heterocycles. The SMILES string of the molecule is O=CNc1nc(C2CCCN2c2ccccc2)cs1. The Kier molecular flexibility index (Phi) is 3.46. The highest BCUT2D eigenvalue weighted by Crippen LogP contribution is 2.36. The lowest BCUT2D eigenvalue weighted by atomic mass is 10.1. The summed E-state index contributed by atoms with van der Waals surface area (Å²) in [5, 5.41) is 5.32. The van der Waals surface area contributed by atoms with Gasteiger partial charge in [0.2, 0.25) is 6.41 Å². The van der Waals surface area contributed by atoms with Crippen LogP contribution in [0, 0.1) is 0 Å². The molecule has 1 N–H and O–H groups in total. The van der Waals surface area contributed by atoms with Crippen molar-refractivity contribution >= 4 is 28.6 Å². The molecule has 19 heavy (non-hydrogen) atoms. The van der Waals surface area contributed by atoms with Crippen molar-refractivity contribution in [3.8, 4) is 0 Å². The molecule has 0 spiro atoms. The van der Waals surface area contributed by atoms with Crippen molar-refractivity contribution < 1.29 is 4.79 Å². The van der Waals surface area contributed by atoms with E-state index in [-0.39, 0.29) is 0 Å². The minimum absolute atomic E-state index is 0.320. The fourth-order valence-electron chi connectivity index (χ4n) is 2.56. The maximum Gasteiger partial charge on any atom is 0.213 e. The molecule has 98 valence electrons. The van der Waals surface area contributed by atoms with Crippen LogP contribution in [0.25, 0.3) is 0 Å². The Bertz CT molecular complexity index is 555. The second kappa shape index (κ2) is 5.40. The van der Waals surface area contributed by atoms with Gasteiger partial charge in [-0.1, -0.05) is 18.2 Å². The lowest BCUT2D eigenvalue weighted by Crippen LogP contribution is -2.22. The van der Waals surface area contributed by atoms with E-state index in [1.54, 1.807) is 0 Å². The van der Waals surface area contributed by atoms with Crippen molar-refractivity contribution in [1.82, 2.24) is 4.98 Å². The molecule has 0 bridgehead atoms. The number of hydrogen-bond acceptors (Lipinski definition) is 4. The van der Waals surface area contributed by atoms with Crippen LogP contribution < -0.4 is 10.2 Å². The molecule has 1 amide bonds. The third-order valence-electron chi connectivity index (χ3n) is 3.39. The normalized spacial score (nSPS) is 18.5. The van der Waals surface area contributed by atoms with Gasteiger partial charge in [0.05, 0.1) is 11.7 Å². The number of anilines is 2. The van der Waals surface area contributed by atoms with Gasteiger partial charge < -0.3 is 10.2 Å². The van der Waals surface area contributed by atoms with Gasteiger partial charge >= 0.3 is 0 Å². The lowest BCUT2D eigenvalue weighted by Gasteiger charge is -2.25. The number of rotatable bonds is 4. The van der Waals surface area contributed by atoms with Crippen LogP contribution in [-0.2, 0) is 4.79 Å². The number of aromatic nitrogens is 1. The van der Waals surface area contributed by atoms with Crippen LogP contribution >= 0.6 is 11.3 Å². The van der Waals surface area contributed by atoms with Crippen molar-refractivity contribution in [2.24, 2.45) is 0 Å². The monoisotopic (exact) mass is 273 g/mol. The van der Waals surface area contributed by atoms with Gasteiger partial charge in [-0.25, -0.2) is 4.98 Å². The summed E-state index contributed by atoms with van der Waals surface area (Å²) in [6, 6.07) is 10.7. The quantitative estimate of drug-likeness (QED) is 0.871. The number of nitrogens with zero attached hydrogens (tertiary/aromatic N) is 2. The largest absolute Gasteiger partial charge is 0.363 e. The molecule has 3 rings (SSSR count). The number of carbonyl (C=O) groups is 1. The first-order valence-corrected chi connectivity index (χ1v) is 7.24. The van der Waals surface area contributed by atoms with E-state index >= 15 is 0 Å².